The van der Waals surface area contributed by atoms with Gasteiger partial charge in [-0.25, -0.2) is 0 Å². The third kappa shape index (κ3) is 3.42. The van der Waals surface area contributed by atoms with E-state index in [9.17, 15) is 9.59 Å². The first-order valence-corrected chi connectivity index (χ1v) is 11.1. The zero-order chi connectivity index (χ0) is 22.2. The second-order valence-corrected chi connectivity index (χ2v) is 8.55. The molecule has 3 aromatic rings. The van der Waals surface area contributed by atoms with Crippen molar-refractivity contribution in [1.29, 1.82) is 0 Å². The average molecular weight is 423 g/mol. The van der Waals surface area contributed by atoms with Crippen molar-refractivity contribution >= 4 is 23.1 Å². The number of para-hydroxylation sites is 1. The van der Waals surface area contributed by atoms with E-state index in [1.807, 2.05) is 78.6 Å². The quantitative estimate of drug-likeness (QED) is 0.560. The maximum Gasteiger partial charge on any atom is 0.278 e. The van der Waals surface area contributed by atoms with Gasteiger partial charge in [0.15, 0.2) is 0 Å². The van der Waals surface area contributed by atoms with E-state index in [0.29, 0.717) is 30.8 Å². The second-order valence-electron chi connectivity index (χ2n) is 8.55. The Hall–Kier alpha value is -3.66. The van der Waals surface area contributed by atoms with Gasteiger partial charge in [0, 0.05) is 18.8 Å². The van der Waals surface area contributed by atoms with Crippen LogP contribution in [-0.2, 0) is 22.4 Å². The molecular formula is C28H26N2O2. The van der Waals surface area contributed by atoms with Gasteiger partial charge in [-0.15, -0.1) is 0 Å². The van der Waals surface area contributed by atoms with Gasteiger partial charge in [-0.3, -0.25) is 14.5 Å². The summed E-state index contributed by atoms with van der Waals surface area (Å²) in [5.74, 6) is -0.399. The Bertz CT molecular complexity index is 1240. The molecule has 4 nitrogen and oxygen atoms in total. The van der Waals surface area contributed by atoms with Gasteiger partial charge in [-0.2, -0.15) is 0 Å². The highest BCUT2D eigenvalue weighted by Crippen LogP contribution is 2.38. The summed E-state index contributed by atoms with van der Waals surface area (Å²) in [6.07, 6.45) is 1.51. The number of imide groups is 1. The summed E-state index contributed by atoms with van der Waals surface area (Å²) in [4.78, 5) is 30.8. The molecule has 0 fully saturated rings. The number of amides is 2. The Morgan fingerprint density at radius 2 is 1.56 bits per heavy atom. The molecule has 2 aliphatic rings. The van der Waals surface area contributed by atoms with Gasteiger partial charge in [-0.1, -0.05) is 66.7 Å². The molecule has 160 valence electrons. The van der Waals surface area contributed by atoms with E-state index in [0.717, 1.165) is 28.8 Å². The lowest BCUT2D eigenvalue weighted by atomic mass is 9.99. The Labute approximate surface area is 188 Å². The Morgan fingerprint density at radius 3 is 2.34 bits per heavy atom. The summed E-state index contributed by atoms with van der Waals surface area (Å²) < 4.78 is 0. The first-order valence-electron chi connectivity index (χ1n) is 11.1. The highest BCUT2D eigenvalue weighted by Gasteiger charge is 2.43. The number of carbonyl (C=O) groups is 2. The summed E-state index contributed by atoms with van der Waals surface area (Å²) in [7, 11) is 0. The van der Waals surface area contributed by atoms with E-state index >= 15 is 0 Å². The first-order chi connectivity index (χ1) is 15.5. The van der Waals surface area contributed by atoms with E-state index in [1.165, 1.54) is 16.0 Å². The topological polar surface area (TPSA) is 40.6 Å². The molecule has 0 saturated heterocycles. The molecule has 2 amide bonds. The number of rotatable bonds is 5. The van der Waals surface area contributed by atoms with Gasteiger partial charge in [-0.05, 0) is 60.6 Å². The van der Waals surface area contributed by atoms with Crippen molar-refractivity contribution in [1.82, 2.24) is 4.90 Å². The zero-order valence-corrected chi connectivity index (χ0v) is 18.5. The van der Waals surface area contributed by atoms with Crippen LogP contribution in [0.25, 0.3) is 5.57 Å². The lowest BCUT2D eigenvalue weighted by Gasteiger charge is -2.22. The molecular weight excluding hydrogens is 396 g/mol. The molecule has 0 saturated carbocycles. The Kier molecular flexibility index (Phi) is 5.14. The normalized spacial score (nSPS) is 15.7. The van der Waals surface area contributed by atoms with Gasteiger partial charge in [0.05, 0.1) is 5.57 Å². The number of fused-ring (bicyclic) bond motifs is 1. The lowest BCUT2D eigenvalue weighted by Crippen LogP contribution is -2.36. The highest BCUT2D eigenvalue weighted by atomic mass is 16.2. The first kappa shape index (κ1) is 20.3. The fraction of sp³-hybridized carbons (Fsp3) is 0.214. The van der Waals surface area contributed by atoms with Gasteiger partial charge in [0.25, 0.3) is 11.8 Å². The predicted octanol–water partition coefficient (Wildman–Crippen LogP) is 4.69. The fourth-order valence-electron chi connectivity index (χ4n) is 4.63. The SMILES string of the molecule is Cc1ccc(C2=C(N3CCc4ccccc43)C(=O)N(CCc3ccccc3)C2=O)cc1C. The van der Waals surface area contributed by atoms with E-state index in [-0.39, 0.29) is 11.8 Å². The molecule has 2 aliphatic heterocycles. The minimum atomic E-state index is -0.200. The molecule has 0 N–H and O–H groups in total. The molecule has 0 unspecified atom stereocenters. The molecule has 0 radical (unpaired) electrons. The average Bonchev–Trinajstić information content (AvgIpc) is 3.33. The van der Waals surface area contributed by atoms with Crippen LogP contribution in [0.5, 0.6) is 0 Å². The minimum absolute atomic E-state index is 0.198. The number of carbonyl (C=O) groups excluding carboxylic acids is 2. The molecule has 0 spiro atoms. The predicted molar refractivity (Wildman–Crippen MR) is 127 cm³/mol. The summed E-state index contributed by atoms with van der Waals surface area (Å²) >= 11 is 0. The van der Waals surface area contributed by atoms with Crippen molar-refractivity contribution in [3.63, 3.8) is 0 Å². The fourth-order valence-corrected chi connectivity index (χ4v) is 4.63. The number of hydrogen-bond acceptors (Lipinski definition) is 3. The van der Waals surface area contributed by atoms with Crippen molar-refractivity contribution in [2.75, 3.05) is 18.0 Å². The number of anilines is 1. The van der Waals surface area contributed by atoms with E-state index in [4.69, 9.17) is 0 Å². The van der Waals surface area contributed by atoms with Gasteiger partial charge in [0.2, 0.25) is 0 Å². The van der Waals surface area contributed by atoms with Gasteiger partial charge < -0.3 is 4.90 Å². The van der Waals surface area contributed by atoms with Crippen molar-refractivity contribution in [2.45, 2.75) is 26.7 Å². The number of benzene rings is 3. The van der Waals surface area contributed by atoms with Crippen molar-refractivity contribution in [3.8, 4) is 0 Å². The summed E-state index contributed by atoms with van der Waals surface area (Å²) in [6, 6.07) is 24.1. The lowest BCUT2D eigenvalue weighted by molar-refractivity contribution is -0.136. The molecule has 3 aromatic carbocycles. The van der Waals surface area contributed by atoms with E-state index in [1.54, 1.807) is 0 Å². The molecule has 2 heterocycles. The molecule has 0 bridgehead atoms. The van der Waals surface area contributed by atoms with Crippen LogP contribution in [0.1, 0.15) is 27.8 Å². The van der Waals surface area contributed by atoms with Crippen molar-refractivity contribution in [2.24, 2.45) is 0 Å². The summed E-state index contributed by atoms with van der Waals surface area (Å²) in [6.45, 7) is 5.17. The highest BCUT2D eigenvalue weighted by molar-refractivity contribution is 6.36. The number of nitrogens with zero attached hydrogens (tertiary/aromatic N) is 2. The van der Waals surface area contributed by atoms with Crippen LogP contribution in [0.2, 0.25) is 0 Å². The molecule has 4 heteroatoms. The number of hydrogen-bond donors (Lipinski definition) is 0. The zero-order valence-electron chi connectivity index (χ0n) is 18.5. The summed E-state index contributed by atoms with van der Waals surface area (Å²) in [5.41, 5.74) is 7.46. The van der Waals surface area contributed by atoms with Crippen molar-refractivity contribution < 1.29 is 9.59 Å². The van der Waals surface area contributed by atoms with Crippen LogP contribution in [0.15, 0.2) is 78.5 Å². The Balaban J connectivity index is 1.56. The maximum absolute atomic E-state index is 13.7. The molecule has 0 aliphatic carbocycles. The molecule has 5 rings (SSSR count). The van der Waals surface area contributed by atoms with E-state index < -0.39 is 0 Å². The van der Waals surface area contributed by atoms with Crippen LogP contribution in [0, 0.1) is 13.8 Å². The van der Waals surface area contributed by atoms with Gasteiger partial charge in [0.1, 0.15) is 5.70 Å². The smallest absolute Gasteiger partial charge is 0.278 e. The van der Waals surface area contributed by atoms with Crippen LogP contribution < -0.4 is 4.90 Å². The molecule has 32 heavy (non-hydrogen) atoms. The monoisotopic (exact) mass is 422 g/mol. The third-order valence-corrected chi connectivity index (χ3v) is 6.56. The van der Waals surface area contributed by atoms with Crippen LogP contribution >= 0.6 is 0 Å². The number of aryl methyl sites for hydroxylation is 2. The molecule has 0 atom stereocenters. The minimum Gasteiger partial charge on any atom is -0.336 e. The molecule has 0 aromatic heterocycles. The third-order valence-electron chi connectivity index (χ3n) is 6.56. The Morgan fingerprint density at radius 1 is 0.812 bits per heavy atom. The maximum atomic E-state index is 13.7. The van der Waals surface area contributed by atoms with Gasteiger partial charge >= 0.3 is 0 Å². The second kappa shape index (κ2) is 8.12. The standard InChI is InChI=1S/C28H26N2O2/c1-19-12-13-23(18-20(19)2)25-26(29-17-15-22-10-6-7-11-24(22)29)28(32)30(27(25)31)16-14-21-8-4-3-5-9-21/h3-13,18H,14-17H2,1-2H3. The van der Waals surface area contributed by atoms with Crippen LogP contribution in [0.3, 0.4) is 0 Å². The largest absolute Gasteiger partial charge is 0.336 e. The van der Waals surface area contributed by atoms with Crippen LogP contribution in [0.4, 0.5) is 5.69 Å². The van der Waals surface area contributed by atoms with Crippen LogP contribution in [-0.4, -0.2) is 29.8 Å². The van der Waals surface area contributed by atoms with E-state index in [2.05, 4.69) is 13.0 Å². The summed E-state index contributed by atoms with van der Waals surface area (Å²) in [5, 5.41) is 0. The van der Waals surface area contributed by atoms with Crippen molar-refractivity contribution in [3.05, 3.63) is 106 Å².